The normalized spacial score (nSPS) is 12.3. The molecule has 0 aliphatic rings. The first-order valence-electron chi connectivity index (χ1n) is 4.66. The van der Waals surface area contributed by atoms with Gasteiger partial charge in [-0.2, -0.15) is 0 Å². The standard InChI is InChI=1S/C8H19NO3S/c1-3-8(4-2)9-13(11,12)7-5-6-10/h8-10H,3-7H2,1-2H3. The van der Waals surface area contributed by atoms with Crippen molar-refractivity contribution in [3.63, 3.8) is 0 Å². The lowest BCUT2D eigenvalue weighted by molar-refractivity contribution is 0.295. The smallest absolute Gasteiger partial charge is 0.211 e. The number of hydrogen-bond acceptors (Lipinski definition) is 3. The van der Waals surface area contributed by atoms with Gasteiger partial charge in [0, 0.05) is 12.6 Å². The van der Waals surface area contributed by atoms with Gasteiger partial charge < -0.3 is 5.11 Å². The van der Waals surface area contributed by atoms with Crippen LogP contribution < -0.4 is 4.72 Å². The first kappa shape index (κ1) is 12.9. The molecule has 0 aromatic rings. The molecule has 0 aliphatic carbocycles. The molecule has 0 heterocycles. The molecule has 0 aromatic carbocycles. The Kier molecular flexibility index (Phi) is 6.28. The van der Waals surface area contributed by atoms with Crippen molar-refractivity contribution in [2.75, 3.05) is 12.4 Å². The zero-order valence-corrected chi connectivity index (χ0v) is 9.10. The Bertz CT molecular complexity index is 209. The predicted octanol–water partition coefficient (Wildman–Crippen LogP) is 0.477. The molecular formula is C8H19NO3S. The van der Waals surface area contributed by atoms with Crippen molar-refractivity contribution in [3.8, 4) is 0 Å². The third-order valence-electron chi connectivity index (χ3n) is 1.90. The molecule has 0 fully saturated rings. The molecular weight excluding hydrogens is 190 g/mol. The fourth-order valence-corrected chi connectivity index (χ4v) is 2.49. The minimum Gasteiger partial charge on any atom is -0.396 e. The molecule has 2 N–H and O–H groups in total. The van der Waals surface area contributed by atoms with E-state index in [4.69, 9.17) is 5.11 Å². The molecule has 0 spiro atoms. The summed E-state index contributed by atoms with van der Waals surface area (Å²) in [6.45, 7) is 3.81. The topological polar surface area (TPSA) is 66.4 Å². The van der Waals surface area contributed by atoms with E-state index in [0.29, 0.717) is 6.42 Å². The molecule has 0 radical (unpaired) electrons. The average Bonchev–Trinajstić information content (AvgIpc) is 2.11. The number of sulfonamides is 1. The predicted molar refractivity (Wildman–Crippen MR) is 53.0 cm³/mol. The van der Waals surface area contributed by atoms with Gasteiger partial charge in [0.05, 0.1) is 5.75 Å². The van der Waals surface area contributed by atoms with E-state index >= 15 is 0 Å². The second kappa shape index (κ2) is 6.34. The molecule has 80 valence electrons. The maximum absolute atomic E-state index is 11.3. The van der Waals surface area contributed by atoms with E-state index in [1.165, 1.54) is 0 Å². The minimum atomic E-state index is -3.18. The van der Waals surface area contributed by atoms with Crippen molar-refractivity contribution in [1.82, 2.24) is 4.72 Å². The third kappa shape index (κ3) is 6.01. The Balaban J connectivity index is 4.00. The van der Waals surface area contributed by atoms with Crippen LogP contribution in [-0.2, 0) is 10.0 Å². The largest absolute Gasteiger partial charge is 0.396 e. The van der Waals surface area contributed by atoms with Crippen LogP contribution in [0.25, 0.3) is 0 Å². The van der Waals surface area contributed by atoms with E-state index in [-0.39, 0.29) is 18.4 Å². The van der Waals surface area contributed by atoms with Gasteiger partial charge in [-0.25, -0.2) is 13.1 Å². The summed E-state index contributed by atoms with van der Waals surface area (Å²) in [7, 11) is -3.18. The maximum Gasteiger partial charge on any atom is 0.211 e. The van der Waals surface area contributed by atoms with E-state index in [9.17, 15) is 8.42 Å². The van der Waals surface area contributed by atoms with Crippen molar-refractivity contribution in [2.45, 2.75) is 39.2 Å². The van der Waals surface area contributed by atoms with Gasteiger partial charge in [-0.15, -0.1) is 0 Å². The van der Waals surface area contributed by atoms with Crippen LogP contribution in [-0.4, -0.2) is 31.9 Å². The van der Waals surface area contributed by atoms with Crippen LogP contribution in [0.3, 0.4) is 0 Å². The van der Waals surface area contributed by atoms with Crippen molar-refractivity contribution in [2.24, 2.45) is 0 Å². The average molecular weight is 209 g/mol. The van der Waals surface area contributed by atoms with E-state index in [0.717, 1.165) is 12.8 Å². The fraction of sp³-hybridized carbons (Fsp3) is 1.00. The molecule has 0 bridgehead atoms. The van der Waals surface area contributed by atoms with E-state index in [2.05, 4.69) is 4.72 Å². The Hall–Kier alpha value is -0.130. The second-order valence-electron chi connectivity index (χ2n) is 3.03. The van der Waals surface area contributed by atoms with Gasteiger partial charge >= 0.3 is 0 Å². The molecule has 0 unspecified atom stereocenters. The van der Waals surface area contributed by atoms with Crippen LogP contribution in [0, 0.1) is 0 Å². The second-order valence-corrected chi connectivity index (χ2v) is 4.90. The first-order valence-corrected chi connectivity index (χ1v) is 6.31. The highest BCUT2D eigenvalue weighted by Crippen LogP contribution is 2.00. The van der Waals surface area contributed by atoms with Gasteiger partial charge in [-0.1, -0.05) is 13.8 Å². The highest BCUT2D eigenvalue weighted by molar-refractivity contribution is 7.89. The molecule has 4 nitrogen and oxygen atoms in total. The van der Waals surface area contributed by atoms with Crippen molar-refractivity contribution in [1.29, 1.82) is 0 Å². The highest BCUT2D eigenvalue weighted by atomic mass is 32.2. The van der Waals surface area contributed by atoms with Gasteiger partial charge in [-0.3, -0.25) is 0 Å². The molecule has 0 rings (SSSR count). The molecule has 5 heteroatoms. The lowest BCUT2D eigenvalue weighted by Crippen LogP contribution is -2.35. The molecule has 0 aliphatic heterocycles. The summed E-state index contributed by atoms with van der Waals surface area (Å²) in [6.07, 6.45) is 1.90. The van der Waals surface area contributed by atoms with E-state index < -0.39 is 10.0 Å². The van der Waals surface area contributed by atoms with Crippen LogP contribution >= 0.6 is 0 Å². The van der Waals surface area contributed by atoms with Gasteiger partial charge in [0.25, 0.3) is 0 Å². The molecule has 0 aromatic heterocycles. The monoisotopic (exact) mass is 209 g/mol. The summed E-state index contributed by atoms with van der Waals surface area (Å²) in [5, 5.41) is 8.49. The Labute approximate surface area is 80.4 Å². The zero-order chi connectivity index (χ0) is 10.3. The lowest BCUT2D eigenvalue weighted by atomic mass is 10.2. The van der Waals surface area contributed by atoms with E-state index in [1.807, 2.05) is 13.8 Å². The number of hydrogen-bond donors (Lipinski definition) is 2. The summed E-state index contributed by atoms with van der Waals surface area (Å²) in [5.74, 6) is 0.0139. The van der Waals surface area contributed by atoms with Crippen LogP contribution in [0.4, 0.5) is 0 Å². The Morgan fingerprint density at radius 3 is 2.23 bits per heavy atom. The summed E-state index contributed by atoms with van der Waals surface area (Å²) in [5.41, 5.74) is 0. The Morgan fingerprint density at radius 2 is 1.85 bits per heavy atom. The SMILES string of the molecule is CCC(CC)NS(=O)(=O)CCCO. The maximum atomic E-state index is 11.3. The number of rotatable bonds is 7. The van der Waals surface area contributed by atoms with Crippen LogP contribution in [0.2, 0.25) is 0 Å². The molecule has 0 amide bonds. The molecule has 0 atom stereocenters. The zero-order valence-electron chi connectivity index (χ0n) is 8.28. The van der Waals surface area contributed by atoms with Crippen LogP contribution in [0.5, 0.6) is 0 Å². The van der Waals surface area contributed by atoms with Crippen LogP contribution in [0.1, 0.15) is 33.1 Å². The third-order valence-corrected chi connectivity index (χ3v) is 3.42. The number of nitrogens with one attached hydrogen (secondary N) is 1. The van der Waals surface area contributed by atoms with Crippen LogP contribution in [0.15, 0.2) is 0 Å². The summed E-state index contributed by atoms with van der Waals surface area (Å²) < 4.78 is 25.2. The van der Waals surface area contributed by atoms with Gasteiger partial charge in [0.2, 0.25) is 10.0 Å². The molecule has 0 saturated carbocycles. The van der Waals surface area contributed by atoms with Gasteiger partial charge in [-0.05, 0) is 19.3 Å². The highest BCUT2D eigenvalue weighted by Gasteiger charge is 2.14. The Morgan fingerprint density at radius 1 is 1.31 bits per heavy atom. The fourth-order valence-electron chi connectivity index (χ4n) is 1.02. The number of aliphatic hydroxyl groups is 1. The van der Waals surface area contributed by atoms with E-state index in [1.54, 1.807) is 0 Å². The molecule has 13 heavy (non-hydrogen) atoms. The van der Waals surface area contributed by atoms with Crippen molar-refractivity contribution in [3.05, 3.63) is 0 Å². The van der Waals surface area contributed by atoms with Gasteiger partial charge in [0.1, 0.15) is 0 Å². The summed E-state index contributed by atoms with van der Waals surface area (Å²) >= 11 is 0. The quantitative estimate of drug-likeness (QED) is 0.641. The van der Waals surface area contributed by atoms with Crippen molar-refractivity contribution < 1.29 is 13.5 Å². The van der Waals surface area contributed by atoms with Gasteiger partial charge in [0.15, 0.2) is 0 Å². The minimum absolute atomic E-state index is 0.0139. The summed E-state index contributed by atoms with van der Waals surface area (Å²) in [6, 6.07) is 0.0312. The van der Waals surface area contributed by atoms with Crippen molar-refractivity contribution >= 4 is 10.0 Å². The number of aliphatic hydroxyl groups excluding tert-OH is 1. The molecule has 0 saturated heterocycles. The first-order chi connectivity index (χ1) is 6.05. The summed E-state index contributed by atoms with van der Waals surface area (Å²) in [4.78, 5) is 0. The lowest BCUT2D eigenvalue weighted by Gasteiger charge is -2.14.